The van der Waals surface area contributed by atoms with Gasteiger partial charge in [0.25, 0.3) is 0 Å². The van der Waals surface area contributed by atoms with Gasteiger partial charge >= 0.3 is 0 Å². The first kappa shape index (κ1) is 20.9. The monoisotopic (exact) mass is 400 g/mol. The molecule has 2 aromatic rings. The number of amides is 1. The number of aryl methyl sites for hydroxylation is 1. The second kappa shape index (κ2) is 9.01. The fraction of sp³-hybridized carbons (Fsp3) is 0.278. The van der Waals surface area contributed by atoms with Crippen molar-refractivity contribution in [3.05, 3.63) is 59.4 Å². The predicted molar refractivity (Wildman–Crippen MR) is 95.2 cm³/mol. The van der Waals surface area contributed by atoms with Gasteiger partial charge in [0.1, 0.15) is 0 Å². The van der Waals surface area contributed by atoms with Crippen LogP contribution >= 0.6 is 0 Å². The number of benzene rings is 2. The summed E-state index contributed by atoms with van der Waals surface area (Å²) in [4.78, 5) is 12.0. The van der Waals surface area contributed by atoms with E-state index in [-0.39, 0.29) is 17.7 Å². The maximum Gasteiger partial charge on any atom is 0.240 e. The molecule has 0 heterocycles. The topological polar surface area (TPSA) is 75.3 Å². The van der Waals surface area contributed by atoms with Gasteiger partial charge in [-0.15, -0.1) is 0 Å². The number of hydrogen-bond acceptors (Lipinski definition) is 3. The molecule has 0 aliphatic rings. The summed E-state index contributed by atoms with van der Waals surface area (Å²) in [5.41, 5.74) is 0.257. The van der Waals surface area contributed by atoms with E-state index in [1.165, 1.54) is 12.1 Å². The van der Waals surface area contributed by atoms with E-state index in [0.717, 1.165) is 12.1 Å². The van der Waals surface area contributed by atoms with Gasteiger partial charge in [0, 0.05) is 13.0 Å². The normalized spacial score (nSPS) is 11.4. The molecule has 27 heavy (non-hydrogen) atoms. The molecule has 0 aliphatic carbocycles. The lowest BCUT2D eigenvalue weighted by Gasteiger charge is -2.08. The van der Waals surface area contributed by atoms with Crippen LogP contribution in [-0.2, 0) is 21.2 Å². The molecule has 0 atom stereocenters. The molecule has 0 saturated carbocycles. The number of anilines is 1. The van der Waals surface area contributed by atoms with Gasteiger partial charge in [-0.2, -0.15) is 0 Å². The minimum Gasteiger partial charge on any atom is -0.323 e. The second-order valence-electron chi connectivity index (χ2n) is 5.81. The van der Waals surface area contributed by atoms with E-state index >= 15 is 0 Å². The van der Waals surface area contributed by atoms with Gasteiger partial charge in [-0.05, 0) is 42.7 Å². The van der Waals surface area contributed by atoms with Gasteiger partial charge in [-0.1, -0.05) is 19.1 Å². The first-order valence-electron chi connectivity index (χ1n) is 8.26. The molecule has 2 aromatic carbocycles. The number of sulfonamides is 1. The molecule has 2 rings (SSSR count). The Morgan fingerprint density at radius 2 is 1.67 bits per heavy atom. The van der Waals surface area contributed by atoms with Crippen LogP contribution < -0.4 is 10.0 Å². The zero-order valence-corrected chi connectivity index (χ0v) is 15.4. The molecular formula is C18H19F3N2O3S. The first-order valence-corrected chi connectivity index (χ1v) is 9.75. The van der Waals surface area contributed by atoms with Gasteiger partial charge in [-0.3, -0.25) is 4.79 Å². The highest BCUT2D eigenvalue weighted by atomic mass is 32.2. The zero-order valence-electron chi connectivity index (χ0n) is 14.6. The van der Waals surface area contributed by atoms with E-state index in [4.69, 9.17) is 0 Å². The molecule has 0 unspecified atom stereocenters. The quantitative estimate of drug-likeness (QED) is 0.667. The standard InChI is InChI=1S/C18H19F3N2O3S/c1-2-11-22-27(25,26)13-6-3-12(4-7-13)5-10-16(24)23-15-9-8-14(19)17(20)18(15)21/h3-4,6-9,22H,2,5,10-11H2,1H3,(H,23,24). The van der Waals surface area contributed by atoms with Crippen molar-refractivity contribution in [1.29, 1.82) is 0 Å². The average Bonchev–Trinajstić information content (AvgIpc) is 2.65. The van der Waals surface area contributed by atoms with E-state index in [1.54, 1.807) is 12.1 Å². The highest BCUT2D eigenvalue weighted by molar-refractivity contribution is 7.89. The third kappa shape index (κ3) is 5.54. The molecule has 0 saturated heterocycles. The van der Waals surface area contributed by atoms with E-state index in [0.29, 0.717) is 18.5 Å². The fourth-order valence-electron chi connectivity index (χ4n) is 2.25. The van der Waals surface area contributed by atoms with Crippen molar-refractivity contribution in [2.45, 2.75) is 31.1 Å². The minimum absolute atomic E-state index is 0.0430. The maximum absolute atomic E-state index is 13.5. The minimum atomic E-state index is -3.56. The van der Waals surface area contributed by atoms with Gasteiger partial charge in [0.05, 0.1) is 10.6 Å². The van der Waals surface area contributed by atoms with E-state index in [1.807, 2.05) is 6.92 Å². The summed E-state index contributed by atoms with van der Waals surface area (Å²) in [6.07, 6.45) is 0.892. The lowest BCUT2D eigenvalue weighted by atomic mass is 10.1. The largest absolute Gasteiger partial charge is 0.323 e. The van der Waals surface area contributed by atoms with Crippen molar-refractivity contribution in [3.8, 4) is 0 Å². The lowest BCUT2D eigenvalue weighted by molar-refractivity contribution is -0.116. The fourth-order valence-corrected chi connectivity index (χ4v) is 3.38. The highest BCUT2D eigenvalue weighted by Crippen LogP contribution is 2.20. The summed E-state index contributed by atoms with van der Waals surface area (Å²) in [5, 5.41) is 2.18. The number of nitrogens with one attached hydrogen (secondary N) is 2. The van der Waals surface area contributed by atoms with Crippen molar-refractivity contribution in [2.24, 2.45) is 0 Å². The number of halogens is 3. The van der Waals surface area contributed by atoms with Crippen LogP contribution in [0, 0.1) is 17.5 Å². The number of hydrogen-bond donors (Lipinski definition) is 2. The second-order valence-corrected chi connectivity index (χ2v) is 7.58. The summed E-state index contributed by atoms with van der Waals surface area (Å²) < 4.78 is 66.0. The average molecular weight is 400 g/mol. The third-order valence-corrected chi connectivity index (χ3v) is 5.20. The molecule has 1 amide bonds. The van der Waals surface area contributed by atoms with E-state index in [9.17, 15) is 26.4 Å². The zero-order chi connectivity index (χ0) is 20.0. The van der Waals surface area contributed by atoms with E-state index in [2.05, 4.69) is 10.0 Å². The van der Waals surface area contributed by atoms with Crippen molar-refractivity contribution < 1.29 is 26.4 Å². The molecule has 0 aromatic heterocycles. The molecule has 0 aliphatic heterocycles. The maximum atomic E-state index is 13.5. The first-order chi connectivity index (χ1) is 12.7. The van der Waals surface area contributed by atoms with Crippen LogP contribution in [0.1, 0.15) is 25.3 Å². The molecule has 0 radical (unpaired) electrons. The number of carbonyl (C=O) groups excluding carboxylic acids is 1. The molecular weight excluding hydrogens is 381 g/mol. The van der Waals surface area contributed by atoms with Crippen LogP contribution in [-0.4, -0.2) is 20.9 Å². The van der Waals surface area contributed by atoms with Gasteiger partial charge in [0.15, 0.2) is 17.5 Å². The Morgan fingerprint density at radius 1 is 1.00 bits per heavy atom. The summed E-state index contributed by atoms with van der Waals surface area (Å²) in [7, 11) is -3.56. The Labute approximate surface area is 155 Å². The summed E-state index contributed by atoms with van der Waals surface area (Å²) in [5.74, 6) is -5.03. The van der Waals surface area contributed by atoms with Crippen molar-refractivity contribution in [3.63, 3.8) is 0 Å². The molecule has 0 fully saturated rings. The van der Waals surface area contributed by atoms with Crippen molar-refractivity contribution in [2.75, 3.05) is 11.9 Å². The van der Waals surface area contributed by atoms with Crippen molar-refractivity contribution >= 4 is 21.6 Å². The number of rotatable bonds is 8. The SMILES string of the molecule is CCCNS(=O)(=O)c1ccc(CCC(=O)Nc2ccc(F)c(F)c2F)cc1. The molecule has 9 heteroatoms. The van der Waals surface area contributed by atoms with Crippen LogP contribution in [0.4, 0.5) is 18.9 Å². The molecule has 5 nitrogen and oxygen atoms in total. The van der Waals surface area contributed by atoms with Crippen LogP contribution in [0.3, 0.4) is 0 Å². The van der Waals surface area contributed by atoms with Crippen LogP contribution in [0.15, 0.2) is 41.3 Å². The Bertz CT molecular complexity index is 916. The van der Waals surface area contributed by atoms with Gasteiger partial charge in [0.2, 0.25) is 15.9 Å². The van der Waals surface area contributed by atoms with E-state index < -0.39 is 39.1 Å². The summed E-state index contributed by atoms with van der Waals surface area (Å²) in [6, 6.07) is 7.67. The Kier molecular flexibility index (Phi) is 6.98. The lowest BCUT2D eigenvalue weighted by Crippen LogP contribution is -2.24. The van der Waals surface area contributed by atoms with Gasteiger partial charge in [-0.25, -0.2) is 26.3 Å². The third-order valence-electron chi connectivity index (χ3n) is 3.73. The Hall–Kier alpha value is -2.39. The number of carbonyl (C=O) groups is 1. The predicted octanol–water partition coefficient (Wildman–Crippen LogP) is 3.36. The van der Waals surface area contributed by atoms with Crippen LogP contribution in [0.25, 0.3) is 0 Å². The van der Waals surface area contributed by atoms with Crippen LogP contribution in [0.5, 0.6) is 0 Å². The molecule has 0 spiro atoms. The Balaban J connectivity index is 1.95. The summed E-state index contributed by atoms with van der Waals surface area (Å²) in [6.45, 7) is 2.19. The summed E-state index contributed by atoms with van der Waals surface area (Å²) >= 11 is 0. The molecule has 2 N–H and O–H groups in total. The smallest absolute Gasteiger partial charge is 0.240 e. The molecule has 0 bridgehead atoms. The van der Waals surface area contributed by atoms with Crippen LogP contribution in [0.2, 0.25) is 0 Å². The molecule has 146 valence electrons. The Morgan fingerprint density at radius 3 is 2.30 bits per heavy atom. The highest BCUT2D eigenvalue weighted by Gasteiger charge is 2.16. The van der Waals surface area contributed by atoms with Gasteiger partial charge < -0.3 is 5.32 Å². The van der Waals surface area contributed by atoms with Crippen molar-refractivity contribution in [1.82, 2.24) is 4.72 Å².